The van der Waals surface area contributed by atoms with E-state index in [1.54, 1.807) is 6.33 Å². The highest BCUT2D eigenvalue weighted by Crippen LogP contribution is 2.42. The van der Waals surface area contributed by atoms with Gasteiger partial charge in [-0.05, 0) is 19.3 Å². The Morgan fingerprint density at radius 2 is 1.92 bits per heavy atom. The molecule has 1 saturated carbocycles. The summed E-state index contributed by atoms with van der Waals surface area (Å²) in [5.41, 5.74) is 2.03. The standard InChI is InChI=1S/C20H22N6/c1-2-16-20-24-22-13-25(20)17-12-21-18(14-8-4-3-5-9-14)23-19(17)26(16)15-10-6-7-11-15/h3-5,8-9,12-13,15-16H,2,6-7,10-11H2,1H3. The molecule has 1 fully saturated rings. The van der Waals surface area contributed by atoms with Gasteiger partial charge in [0.2, 0.25) is 0 Å². The molecule has 132 valence electrons. The maximum absolute atomic E-state index is 5.02. The van der Waals surface area contributed by atoms with E-state index in [2.05, 4.69) is 43.7 Å². The predicted molar refractivity (Wildman–Crippen MR) is 100 cm³/mol. The van der Waals surface area contributed by atoms with Crippen LogP contribution >= 0.6 is 0 Å². The second kappa shape index (κ2) is 6.20. The highest BCUT2D eigenvalue weighted by Gasteiger charge is 2.38. The zero-order valence-corrected chi connectivity index (χ0v) is 14.9. The van der Waals surface area contributed by atoms with E-state index in [9.17, 15) is 0 Å². The minimum atomic E-state index is 0.214. The Balaban J connectivity index is 1.69. The third kappa shape index (κ3) is 2.32. The van der Waals surface area contributed by atoms with E-state index in [0.717, 1.165) is 35.1 Å². The van der Waals surface area contributed by atoms with Crippen molar-refractivity contribution in [3.05, 3.63) is 48.7 Å². The van der Waals surface area contributed by atoms with Crippen LogP contribution in [-0.2, 0) is 0 Å². The van der Waals surface area contributed by atoms with Crippen LogP contribution in [-0.4, -0.2) is 30.8 Å². The Labute approximate surface area is 152 Å². The molecule has 1 aliphatic carbocycles. The van der Waals surface area contributed by atoms with Crippen LogP contribution in [0.4, 0.5) is 5.82 Å². The number of rotatable bonds is 3. The molecule has 0 bridgehead atoms. The molecule has 3 heterocycles. The van der Waals surface area contributed by atoms with Gasteiger partial charge in [0.1, 0.15) is 12.0 Å². The van der Waals surface area contributed by atoms with Gasteiger partial charge in [0, 0.05) is 11.6 Å². The van der Waals surface area contributed by atoms with Crippen LogP contribution < -0.4 is 4.90 Å². The second-order valence-corrected chi connectivity index (χ2v) is 7.10. The Kier molecular flexibility index (Phi) is 3.69. The van der Waals surface area contributed by atoms with Gasteiger partial charge in [-0.2, -0.15) is 0 Å². The summed E-state index contributed by atoms with van der Waals surface area (Å²) >= 11 is 0. The number of nitrogens with zero attached hydrogens (tertiary/aromatic N) is 6. The first-order chi connectivity index (χ1) is 12.9. The summed E-state index contributed by atoms with van der Waals surface area (Å²) in [5.74, 6) is 2.80. The molecule has 1 aromatic carbocycles. The van der Waals surface area contributed by atoms with Crippen molar-refractivity contribution >= 4 is 5.82 Å². The monoisotopic (exact) mass is 346 g/mol. The molecular formula is C20H22N6. The lowest BCUT2D eigenvalue weighted by atomic mass is 10.0. The lowest BCUT2D eigenvalue weighted by molar-refractivity contribution is 0.469. The molecule has 1 unspecified atom stereocenters. The highest BCUT2D eigenvalue weighted by atomic mass is 15.4. The third-order valence-corrected chi connectivity index (χ3v) is 5.60. The van der Waals surface area contributed by atoms with Gasteiger partial charge in [-0.25, -0.2) is 9.97 Å². The second-order valence-electron chi connectivity index (χ2n) is 7.10. The number of benzene rings is 1. The Hall–Kier alpha value is -2.76. The fourth-order valence-corrected chi connectivity index (χ4v) is 4.37. The molecule has 0 amide bonds. The topological polar surface area (TPSA) is 59.7 Å². The number of hydrogen-bond donors (Lipinski definition) is 0. The van der Waals surface area contributed by atoms with Crippen LogP contribution in [0.3, 0.4) is 0 Å². The molecule has 1 atom stereocenters. The molecule has 5 rings (SSSR count). The van der Waals surface area contributed by atoms with Gasteiger partial charge in [-0.3, -0.25) is 4.57 Å². The summed E-state index contributed by atoms with van der Waals surface area (Å²) in [5, 5.41) is 8.60. The van der Waals surface area contributed by atoms with Crippen LogP contribution in [0.25, 0.3) is 17.1 Å². The molecule has 2 aromatic heterocycles. The van der Waals surface area contributed by atoms with Crippen LogP contribution in [0.1, 0.15) is 50.9 Å². The van der Waals surface area contributed by atoms with E-state index in [1.165, 1.54) is 25.7 Å². The molecule has 6 nitrogen and oxygen atoms in total. The molecule has 0 N–H and O–H groups in total. The van der Waals surface area contributed by atoms with Crippen molar-refractivity contribution in [3.63, 3.8) is 0 Å². The lowest BCUT2D eigenvalue weighted by Crippen LogP contribution is -2.42. The SMILES string of the molecule is CCC1c2nncn2-c2cnc(-c3ccccc3)nc2N1C1CCCC1. The van der Waals surface area contributed by atoms with Crippen molar-refractivity contribution in [2.45, 2.75) is 51.1 Å². The number of aromatic nitrogens is 5. The minimum Gasteiger partial charge on any atom is -0.342 e. The molecule has 1 aliphatic heterocycles. The largest absolute Gasteiger partial charge is 0.342 e. The maximum atomic E-state index is 5.02. The van der Waals surface area contributed by atoms with E-state index in [-0.39, 0.29) is 6.04 Å². The fraction of sp³-hybridized carbons (Fsp3) is 0.400. The molecule has 0 radical (unpaired) electrons. The quantitative estimate of drug-likeness (QED) is 0.719. The average molecular weight is 346 g/mol. The van der Waals surface area contributed by atoms with Crippen LogP contribution in [0.15, 0.2) is 42.9 Å². The van der Waals surface area contributed by atoms with Crippen LogP contribution in [0, 0.1) is 0 Å². The normalized spacial score (nSPS) is 19.4. The fourth-order valence-electron chi connectivity index (χ4n) is 4.37. The van der Waals surface area contributed by atoms with E-state index in [0.29, 0.717) is 6.04 Å². The van der Waals surface area contributed by atoms with Crippen molar-refractivity contribution in [3.8, 4) is 17.1 Å². The molecule has 0 saturated heterocycles. The summed E-state index contributed by atoms with van der Waals surface area (Å²) < 4.78 is 2.06. The van der Waals surface area contributed by atoms with Crippen molar-refractivity contribution in [2.75, 3.05) is 4.90 Å². The van der Waals surface area contributed by atoms with E-state index in [4.69, 9.17) is 4.98 Å². The summed E-state index contributed by atoms with van der Waals surface area (Å²) in [4.78, 5) is 12.2. The summed E-state index contributed by atoms with van der Waals surface area (Å²) in [6.45, 7) is 2.22. The zero-order valence-electron chi connectivity index (χ0n) is 14.9. The number of hydrogen-bond acceptors (Lipinski definition) is 5. The smallest absolute Gasteiger partial charge is 0.161 e. The Bertz CT molecular complexity index is 913. The first-order valence-corrected chi connectivity index (χ1v) is 9.48. The van der Waals surface area contributed by atoms with Gasteiger partial charge in [0.15, 0.2) is 17.5 Å². The van der Waals surface area contributed by atoms with Gasteiger partial charge >= 0.3 is 0 Å². The molecule has 6 heteroatoms. The van der Waals surface area contributed by atoms with Gasteiger partial charge in [-0.1, -0.05) is 50.1 Å². The maximum Gasteiger partial charge on any atom is 0.161 e. The van der Waals surface area contributed by atoms with Gasteiger partial charge in [-0.15, -0.1) is 10.2 Å². The lowest BCUT2D eigenvalue weighted by Gasteiger charge is -2.40. The third-order valence-electron chi connectivity index (χ3n) is 5.60. The van der Waals surface area contributed by atoms with Gasteiger partial charge < -0.3 is 4.90 Å². The first-order valence-electron chi connectivity index (χ1n) is 9.48. The summed E-state index contributed by atoms with van der Waals surface area (Å²) in [6, 6.07) is 10.9. The van der Waals surface area contributed by atoms with E-state index >= 15 is 0 Å². The van der Waals surface area contributed by atoms with Crippen molar-refractivity contribution < 1.29 is 0 Å². The number of fused-ring (bicyclic) bond motifs is 3. The molecule has 3 aromatic rings. The summed E-state index contributed by atoms with van der Waals surface area (Å²) in [6.07, 6.45) is 9.70. The molecular weight excluding hydrogens is 324 g/mol. The number of anilines is 1. The highest BCUT2D eigenvalue weighted by molar-refractivity contribution is 5.66. The zero-order chi connectivity index (χ0) is 17.5. The molecule has 26 heavy (non-hydrogen) atoms. The van der Waals surface area contributed by atoms with Crippen LogP contribution in [0.5, 0.6) is 0 Å². The van der Waals surface area contributed by atoms with Crippen molar-refractivity contribution in [1.82, 2.24) is 24.7 Å². The van der Waals surface area contributed by atoms with Gasteiger partial charge in [0.05, 0.1) is 12.2 Å². The predicted octanol–water partition coefficient (Wildman–Crippen LogP) is 3.94. The van der Waals surface area contributed by atoms with E-state index < -0.39 is 0 Å². The first kappa shape index (κ1) is 15.5. The molecule has 2 aliphatic rings. The Morgan fingerprint density at radius 3 is 2.69 bits per heavy atom. The minimum absolute atomic E-state index is 0.214. The Morgan fingerprint density at radius 1 is 1.12 bits per heavy atom. The van der Waals surface area contributed by atoms with Gasteiger partial charge in [0.25, 0.3) is 0 Å². The summed E-state index contributed by atoms with van der Waals surface area (Å²) in [7, 11) is 0. The average Bonchev–Trinajstić information content (AvgIpc) is 3.39. The van der Waals surface area contributed by atoms with Crippen LogP contribution in [0.2, 0.25) is 0 Å². The molecule has 0 spiro atoms. The van der Waals surface area contributed by atoms with Crippen molar-refractivity contribution in [2.24, 2.45) is 0 Å². The van der Waals surface area contributed by atoms with Crippen molar-refractivity contribution in [1.29, 1.82) is 0 Å². The van der Waals surface area contributed by atoms with E-state index in [1.807, 2.05) is 24.4 Å².